The van der Waals surface area contributed by atoms with Gasteiger partial charge in [-0.15, -0.1) is 0 Å². The average Bonchev–Trinajstić information content (AvgIpc) is 3.33. The summed E-state index contributed by atoms with van der Waals surface area (Å²) in [5.41, 5.74) is 2.69. The van der Waals surface area contributed by atoms with E-state index in [9.17, 15) is 4.79 Å². The van der Waals surface area contributed by atoms with Crippen molar-refractivity contribution in [3.63, 3.8) is 0 Å². The number of hydrogen-bond acceptors (Lipinski definition) is 5. The molecular weight excluding hydrogens is 330 g/mol. The number of carbonyl (C=O) groups is 1. The number of rotatable bonds is 2. The van der Waals surface area contributed by atoms with Gasteiger partial charge in [-0.05, 0) is 39.5 Å². The van der Waals surface area contributed by atoms with Gasteiger partial charge < -0.3 is 14.3 Å². The predicted octanol–water partition coefficient (Wildman–Crippen LogP) is 3.14. The van der Waals surface area contributed by atoms with Crippen LogP contribution in [-0.4, -0.2) is 57.1 Å². The lowest BCUT2D eigenvalue weighted by molar-refractivity contribution is 0.146. The Balaban J connectivity index is 1.60. The maximum atomic E-state index is 12.8. The van der Waals surface area contributed by atoms with Crippen molar-refractivity contribution in [3.05, 3.63) is 29.5 Å². The van der Waals surface area contributed by atoms with Gasteiger partial charge in [0.2, 0.25) is 0 Å². The molecule has 0 unspecified atom stereocenters. The molecular formula is C19H25N5O2. The number of carbonyl (C=O) groups excluding carboxylic acids is 1. The number of aromatic nitrogens is 3. The van der Waals surface area contributed by atoms with Crippen LogP contribution in [0.2, 0.25) is 0 Å². The largest absolute Gasteiger partial charge is 0.356 e. The van der Waals surface area contributed by atoms with Gasteiger partial charge in [-0.3, -0.25) is 0 Å². The van der Waals surface area contributed by atoms with Crippen LogP contribution in [0.25, 0.3) is 11.3 Å². The Labute approximate surface area is 153 Å². The van der Waals surface area contributed by atoms with Crippen LogP contribution in [0, 0.1) is 13.8 Å². The molecule has 26 heavy (non-hydrogen) atoms. The number of urea groups is 1. The van der Waals surface area contributed by atoms with Crippen LogP contribution >= 0.6 is 0 Å². The Morgan fingerprint density at radius 2 is 1.92 bits per heavy atom. The Hall–Kier alpha value is -2.44. The first kappa shape index (κ1) is 17.0. The summed E-state index contributed by atoms with van der Waals surface area (Å²) in [6, 6.07) is 2.09. The third-order valence-electron chi connectivity index (χ3n) is 5.29. The highest BCUT2D eigenvalue weighted by molar-refractivity contribution is 5.75. The fourth-order valence-electron chi connectivity index (χ4n) is 3.96. The van der Waals surface area contributed by atoms with E-state index in [1.807, 2.05) is 35.9 Å². The first-order valence-corrected chi connectivity index (χ1v) is 9.43. The van der Waals surface area contributed by atoms with Crippen molar-refractivity contribution in [2.24, 2.45) is 0 Å². The van der Waals surface area contributed by atoms with Gasteiger partial charge in [0, 0.05) is 44.4 Å². The zero-order chi connectivity index (χ0) is 18.1. The molecule has 0 radical (unpaired) electrons. The molecule has 2 aliphatic heterocycles. The van der Waals surface area contributed by atoms with E-state index in [0.717, 1.165) is 68.1 Å². The Morgan fingerprint density at radius 3 is 2.65 bits per heavy atom. The third-order valence-corrected chi connectivity index (χ3v) is 5.29. The fourth-order valence-corrected chi connectivity index (χ4v) is 3.96. The molecule has 138 valence electrons. The average molecular weight is 355 g/mol. The molecule has 2 amide bonds. The van der Waals surface area contributed by atoms with E-state index in [4.69, 9.17) is 9.51 Å². The predicted molar refractivity (Wildman–Crippen MR) is 96.8 cm³/mol. The second-order valence-electron chi connectivity index (χ2n) is 7.31. The summed E-state index contributed by atoms with van der Waals surface area (Å²) in [5.74, 6) is 1.63. The first-order chi connectivity index (χ1) is 12.6. The topological polar surface area (TPSA) is 75.4 Å². The maximum Gasteiger partial charge on any atom is 0.320 e. The van der Waals surface area contributed by atoms with Crippen molar-refractivity contribution in [2.75, 3.05) is 26.2 Å². The van der Waals surface area contributed by atoms with E-state index < -0.39 is 0 Å². The van der Waals surface area contributed by atoms with Gasteiger partial charge in [0.1, 0.15) is 5.82 Å². The number of hydrogen-bond donors (Lipinski definition) is 0. The van der Waals surface area contributed by atoms with E-state index in [1.54, 1.807) is 0 Å². The zero-order valence-corrected chi connectivity index (χ0v) is 15.4. The standard InChI is InChI=1S/C19H25N5O2/c1-13-10-17(26-22-13)16-11-20-14(2)21-18(16)15-6-5-9-24(12-15)19(25)23-7-3-4-8-23/h10-11,15H,3-9,12H2,1-2H3/t15-/m0/s1. The van der Waals surface area contributed by atoms with Gasteiger partial charge in [-0.25, -0.2) is 14.8 Å². The van der Waals surface area contributed by atoms with Crippen LogP contribution in [0.4, 0.5) is 4.79 Å². The van der Waals surface area contributed by atoms with E-state index >= 15 is 0 Å². The normalized spacial score (nSPS) is 20.6. The molecule has 2 aromatic rings. The second kappa shape index (κ2) is 7.05. The first-order valence-electron chi connectivity index (χ1n) is 9.43. The maximum absolute atomic E-state index is 12.8. The number of likely N-dealkylation sites (tertiary alicyclic amines) is 2. The van der Waals surface area contributed by atoms with Gasteiger partial charge in [0.05, 0.1) is 17.0 Å². The summed E-state index contributed by atoms with van der Waals surface area (Å²) in [5, 5.41) is 4.00. The van der Waals surface area contributed by atoms with Crippen molar-refractivity contribution in [1.82, 2.24) is 24.9 Å². The molecule has 0 aliphatic carbocycles. The molecule has 7 nitrogen and oxygen atoms in total. The summed E-state index contributed by atoms with van der Waals surface area (Å²) in [6.07, 6.45) is 6.05. The molecule has 4 heterocycles. The highest BCUT2D eigenvalue weighted by Crippen LogP contribution is 2.33. The summed E-state index contributed by atoms with van der Waals surface area (Å²) in [6.45, 7) is 7.09. The van der Waals surface area contributed by atoms with Crippen molar-refractivity contribution >= 4 is 6.03 Å². The van der Waals surface area contributed by atoms with Crippen molar-refractivity contribution in [3.8, 4) is 11.3 Å². The molecule has 2 saturated heterocycles. The number of piperidine rings is 1. The highest BCUT2D eigenvalue weighted by Gasteiger charge is 2.31. The molecule has 2 aromatic heterocycles. The van der Waals surface area contributed by atoms with Gasteiger partial charge >= 0.3 is 6.03 Å². The van der Waals surface area contributed by atoms with E-state index in [1.165, 1.54) is 0 Å². The highest BCUT2D eigenvalue weighted by atomic mass is 16.5. The van der Waals surface area contributed by atoms with Crippen molar-refractivity contribution < 1.29 is 9.32 Å². The molecule has 7 heteroatoms. The molecule has 2 fully saturated rings. The summed E-state index contributed by atoms with van der Waals surface area (Å²) in [4.78, 5) is 25.8. The summed E-state index contributed by atoms with van der Waals surface area (Å²) in [7, 11) is 0. The lowest BCUT2D eigenvalue weighted by Crippen LogP contribution is -2.46. The smallest absolute Gasteiger partial charge is 0.320 e. The minimum Gasteiger partial charge on any atom is -0.356 e. The summed E-state index contributed by atoms with van der Waals surface area (Å²) >= 11 is 0. The molecule has 0 N–H and O–H groups in total. The number of nitrogens with zero attached hydrogens (tertiary/aromatic N) is 5. The van der Waals surface area contributed by atoms with Crippen LogP contribution in [0.5, 0.6) is 0 Å². The monoisotopic (exact) mass is 355 g/mol. The molecule has 4 rings (SSSR count). The Morgan fingerprint density at radius 1 is 1.15 bits per heavy atom. The van der Waals surface area contributed by atoms with E-state index in [-0.39, 0.29) is 11.9 Å². The molecule has 2 aliphatic rings. The fraction of sp³-hybridized carbons (Fsp3) is 0.579. The quantitative estimate of drug-likeness (QED) is 0.827. The van der Waals surface area contributed by atoms with Gasteiger partial charge in [0.25, 0.3) is 0 Å². The van der Waals surface area contributed by atoms with Crippen molar-refractivity contribution in [2.45, 2.75) is 45.4 Å². The van der Waals surface area contributed by atoms with Crippen LogP contribution < -0.4 is 0 Å². The second-order valence-corrected chi connectivity index (χ2v) is 7.31. The van der Waals surface area contributed by atoms with Gasteiger partial charge in [-0.2, -0.15) is 0 Å². The van der Waals surface area contributed by atoms with Gasteiger partial charge in [0.15, 0.2) is 5.76 Å². The number of amides is 2. The van der Waals surface area contributed by atoms with Crippen LogP contribution in [0.3, 0.4) is 0 Å². The Bertz CT molecular complexity index is 797. The minimum atomic E-state index is 0.176. The molecule has 0 aromatic carbocycles. The molecule has 1 atom stereocenters. The van der Waals surface area contributed by atoms with Crippen LogP contribution in [0.1, 0.15) is 48.8 Å². The van der Waals surface area contributed by atoms with Crippen molar-refractivity contribution in [1.29, 1.82) is 0 Å². The third kappa shape index (κ3) is 3.30. The molecule has 0 spiro atoms. The van der Waals surface area contributed by atoms with E-state index in [0.29, 0.717) is 12.3 Å². The van der Waals surface area contributed by atoms with Gasteiger partial charge in [-0.1, -0.05) is 5.16 Å². The SMILES string of the molecule is Cc1cc(-c2cnc(C)nc2[C@H]2CCCN(C(=O)N3CCCC3)C2)on1. The summed E-state index contributed by atoms with van der Waals surface area (Å²) < 4.78 is 5.46. The number of aryl methyl sites for hydroxylation is 2. The molecule has 0 bridgehead atoms. The van der Waals surface area contributed by atoms with E-state index in [2.05, 4.69) is 10.1 Å². The zero-order valence-electron chi connectivity index (χ0n) is 15.4. The van der Waals surface area contributed by atoms with Crippen LogP contribution in [-0.2, 0) is 0 Å². The lowest BCUT2D eigenvalue weighted by Gasteiger charge is -2.35. The minimum absolute atomic E-state index is 0.176. The Kier molecular flexibility index (Phi) is 4.61. The lowest BCUT2D eigenvalue weighted by atomic mass is 9.91. The molecule has 0 saturated carbocycles. The van der Waals surface area contributed by atoms with Crippen LogP contribution in [0.15, 0.2) is 16.8 Å².